The predicted molar refractivity (Wildman–Crippen MR) is 124 cm³/mol. The highest BCUT2D eigenvalue weighted by Crippen LogP contribution is 2.29. The van der Waals surface area contributed by atoms with Crippen LogP contribution in [0.15, 0.2) is 67.0 Å². The number of imidazole rings is 1. The highest BCUT2D eigenvalue weighted by atomic mass is 35.5. The fraction of sp³-hybridized carbons (Fsp3) is 0.240. The van der Waals surface area contributed by atoms with E-state index in [4.69, 9.17) is 4.74 Å². The quantitative estimate of drug-likeness (QED) is 0.461. The van der Waals surface area contributed by atoms with Crippen molar-refractivity contribution in [2.75, 3.05) is 7.11 Å². The highest BCUT2D eigenvalue weighted by molar-refractivity contribution is 5.85. The van der Waals surface area contributed by atoms with Crippen LogP contribution < -0.4 is 10.1 Å². The van der Waals surface area contributed by atoms with Crippen molar-refractivity contribution in [3.63, 3.8) is 0 Å². The number of hydrogen-bond donors (Lipinski definition) is 2. The van der Waals surface area contributed by atoms with Gasteiger partial charge in [-0.3, -0.25) is 0 Å². The second-order valence-corrected chi connectivity index (χ2v) is 7.75. The molecule has 5 rings (SSSR count). The second kappa shape index (κ2) is 8.90. The average molecular weight is 420 g/mol. The molecule has 0 spiro atoms. The molecule has 1 heterocycles. The van der Waals surface area contributed by atoms with Crippen molar-refractivity contribution < 1.29 is 4.74 Å². The van der Waals surface area contributed by atoms with E-state index in [9.17, 15) is 0 Å². The lowest BCUT2D eigenvalue weighted by Crippen LogP contribution is -2.34. The average Bonchev–Trinajstić information content (AvgIpc) is 3.25. The van der Waals surface area contributed by atoms with Crippen molar-refractivity contribution >= 4 is 23.4 Å². The number of aromatic nitrogens is 2. The minimum atomic E-state index is 0. The third-order valence-corrected chi connectivity index (χ3v) is 5.96. The maximum absolute atomic E-state index is 5.52. The Morgan fingerprint density at radius 1 is 1.07 bits per heavy atom. The van der Waals surface area contributed by atoms with Gasteiger partial charge < -0.3 is 15.0 Å². The van der Waals surface area contributed by atoms with Gasteiger partial charge in [0.2, 0.25) is 0 Å². The number of fused-ring (bicyclic) bond motifs is 2. The lowest BCUT2D eigenvalue weighted by atomic mass is 9.87. The number of methoxy groups -OCH3 is 1. The van der Waals surface area contributed by atoms with Crippen molar-refractivity contribution in [2.24, 2.45) is 0 Å². The molecule has 0 saturated carbocycles. The number of rotatable bonds is 5. The summed E-state index contributed by atoms with van der Waals surface area (Å²) in [6, 6.07) is 22.1. The fourth-order valence-corrected chi connectivity index (χ4v) is 4.33. The van der Waals surface area contributed by atoms with E-state index in [-0.39, 0.29) is 12.4 Å². The van der Waals surface area contributed by atoms with Crippen molar-refractivity contribution in [3.05, 3.63) is 83.7 Å². The fourth-order valence-electron chi connectivity index (χ4n) is 4.33. The van der Waals surface area contributed by atoms with Gasteiger partial charge >= 0.3 is 0 Å². The van der Waals surface area contributed by atoms with Gasteiger partial charge in [-0.15, -0.1) is 12.4 Å². The Morgan fingerprint density at radius 2 is 1.90 bits per heavy atom. The molecule has 0 radical (unpaired) electrons. The van der Waals surface area contributed by atoms with Gasteiger partial charge in [-0.1, -0.05) is 42.5 Å². The topological polar surface area (TPSA) is 49.9 Å². The molecule has 1 atom stereocenters. The Labute approximate surface area is 183 Å². The Balaban J connectivity index is 0.00000218. The summed E-state index contributed by atoms with van der Waals surface area (Å²) < 4.78 is 5.52. The van der Waals surface area contributed by atoms with E-state index in [1.165, 1.54) is 27.8 Å². The molecule has 1 aliphatic carbocycles. The van der Waals surface area contributed by atoms with E-state index >= 15 is 0 Å². The number of H-pyrrole nitrogens is 1. The summed E-state index contributed by atoms with van der Waals surface area (Å²) in [7, 11) is 1.76. The van der Waals surface area contributed by atoms with Crippen LogP contribution in [0.4, 0.5) is 0 Å². The minimum absolute atomic E-state index is 0. The van der Waals surface area contributed by atoms with Gasteiger partial charge in [0.1, 0.15) is 5.75 Å². The summed E-state index contributed by atoms with van der Waals surface area (Å²) in [5.74, 6) is 1.03. The minimum Gasteiger partial charge on any atom is -0.496 e. The van der Waals surface area contributed by atoms with Crippen LogP contribution in [0.25, 0.3) is 22.2 Å². The third-order valence-electron chi connectivity index (χ3n) is 5.96. The van der Waals surface area contributed by atoms with Crippen LogP contribution in [-0.2, 0) is 19.4 Å². The molecular weight excluding hydrogens is 394 g/mol. The molecule has 3 aromatic carbocycles. The van der Waals surface area contributed by atoms with Gasteiger partial charge in [0.05, 0.1) is 24.5 Å². The molecule has 154 valence electrons. The standard InChI is InChI=1S/C25H25N3O.ClH/c1-29-25-4-2-3-20-13-21(10-11-22(20)25)26-15-17-5-7-18(8-6-17)19-9-12-23-24(14-19)28-16-27-23;/h2-9,12,14,16,21,26H,10-11,13,15H2,1H3,(H,27,28);1H/t21-;/m0./s1. The van der Waals surface area contributed by atoms with Crippen LogP contribution in [-0.4, -0.2) is 23.1 Å². The number of hydrogen-bond acceptors (Lipinski definition) is 3. The normalized spacial score (nSPS) is 15.4. The number of benzene rings is 3. The number of halogens is 1. The van der Waals surface area contributed by atoms with Crippen LogP contribution in [0.3, 0.4) is 0 Å². The summed E-state index contributed by atoms with van der Waals surface area (Å²) in [5, 5.41) is 3.74. The summed E-state index contributed by atoms with van der Waals surface area (Å²) >= 11 is 0. The van der Waals surface area contributed by atoms with E-state index < -0.39 is 0 Å². The van der Waals surface area contributed by atoms with E-state index in [0.717, 1.165) is 42.6 Å². The smallest absolute Gasteiger partial charge is 0.122 e. The van der Waals surface area contributed by atoms with Gasteiger partial charge in [-0.25, -0.2) is 4.98 Å². The number of ether oxygens (including phenoxy) is 1. The first-order valence-electron chi connectivity index (χ1n) is 10.2. The van der Waals surface area contributed by atoms with Gasteiger partial charge in [-0.2, -0.15) is 0 Å². The molecule has 0 saturated heterocycles. The first kappa shape index (κ1) is 20.5. The largest absolute Gasteiger partial charge is 0.496 e. The van der Waals surface area contributed by atoms with E-state index in [2.05, 4.69) is 75.9 Å². The number of nitrogens with zero attached hydrogens (tertiary/aromatic N) is 1. The van der Waals surface area contributed by atoms with Crippen LogP contribution in [0.5, 0.6) is 5.75 Å². The molecule has 1 aromatic heterocycles. The summed E-state index contributed by atoms with van der Waals surface area (Å²) in [6.07, 6.45) is 5.03. The summed E-state index contributed by atoms with van der Waals surface area (Å²) in [4.78, 5) is 7.50. The molecule has 0 bridgehead atoms. The molecule has 0 fully saturated rings. The first-order chi connectivity index (χ1) is 14.3. The van der Waals surface area contributed by atoms with Crippen LogP contribution in [0.2, 0.25) is 0 Å². The van der Waals surface area contributed by atoms with E-state index in [0.29, 0.717) is 6.04 Å². The zero-order valence-electron chi connectivity index (χ0n) is 17.0. The summed E-state index contributed by atoms with van der Waals surface area (Å²) in [5.41, 5.74) is 8.59. The first-order valence-corrected chi connectivity index (χ1v) is 10.2. The van der Waals surface area contributed by atoms with Gasteiger partial charge in [0, 0.05) is 12.6 Å². The molecule has 0 unspecified atom stereocenters. The monoisotopic (exact) mass is 419 g/mol. The molecule has 4 aromatic rings. The van der Waals surface area contributed by atoms with Crippen molar-refractivity contribution in [3.8, 4) is 16.9 Å². The second-order valence-electron chi connectivity index (χ2n) is 7.75. The van der Waals surface area contributed by atoms with E-state index in [1.807, 2.05) is 0 Å². The zero-order chi connectivity index (χ0) is 19.6. The lowest BCUT2D eigenvalue weighted by Gasteiger charge is -2.27. The molecule has 2 N–H and O–H groups in total. The Kier molecular flexibility index (Phi) is 6.07. The van der Waals surface area contributed by atoms with Crippen LogP contribution in [0.1, 0.15) is 23.1 Å². The third kappa shape index (κ3) is 4.07. The molecule has 0 amide bonds. The Bertz CT molecular complexity index is 1140. The SMILES string of the molecule is COc1cccc2c1CC[C@H](NCc1ccc(-c3ccc4[nH]cnc4c3)cc1)C2.Cl. The number of nitrogens with one attached hydrogen (secondary N) is 2. The number of aromatic amines is 1. The Hall–Kier alpha value is -2.82. The van der Waals surface area contributed by atoms with Crippen molar-refractivity contribution in [1.82, 2.24) is 15.3 Å². The van der Waals surface area contributed by atoms with Crippen LogP contribution in [0, 0.1) is 0 Å². The summed E-state index contributed by atoms with van der Waals surface area (Å²) in [6.45, 7) is 0.892. The van der Waals surface area contributed by atoms with Gasteiger partial charge in [0.15, 0.2) is 0 Å². The van der Waals surface area contributed by atoms with Crippen LogP contribution >= 0.6 is 12.4 Å². The molecule has 0 aliphatic heterocycles. The lowest BCUT2D eigenvalue weighted by molar-refractivity contribution is 0.397. The van der Waals surface area contributed by atoms with Gasteiger partial charge in [-0.05, 0) is 65.3 Å². The molecule has 5 heteroatoms. The molecule has 30 heavy (non-hydrogen) atoms. The molecule has 1 aliphatic rings. The highest BCUT2D eigenvalue weighted by Gasteiger charge is 2.20. The predicted octanol–water partition coefficient (Wildman–Crippen LogP) is 5.31. The maximum Gasteiger partial charge on any atom is 0.122 e. The van der Waals surface area contributed by atoms with Crippen molar-refractivity contribution in [2.45, 2.75) is 31.8 Å². The van der Waals surface area contributed by atoms with Gasteiger partial charge in [0.25, 0.3) is 0 Å². The van der Waals surface area contributed by atoms with E-state index in [1.54, 1.807) is 13.4 Å². The maximum atomic E-state index is 5.52. The molecular formula is C25H26ClN3O. The Morgan fingerprint density at radius 3 is 2.73 bits per heavy atom. The molecule has 4 nitrogen and oxygen atoms in total. The van der Waals surface area contributed by atoms with Crippen molar-refractivity contribution in [1.29, 1.82) is 0 Å². The zero-order valence-corrected chi connectivity index (χ0v) is 17.8.